The summed E-state index contributed by atoms with van der Waals surface area (Å²) >= 11 is 0. The van der Waals surface area contributed by atoms with Gasteiger partial charge in [0.1, 0.15) is 18.1 Å². The van der Waals surface area contributed by atoms with Crippen LogP contribution in [-0.4, -0.2) is 39.9 Å². The molecule has 1 atom stereocenters. The highest BCUT2D eigenvalue weighted by molar-refractivity contribution is 14.0. The quantitative estimate of drug-likeness (QED) is 0.309. The number of halogens is 4. The van der Waals surface area contributed by atoms with E-state index in [1.54, 1.807) is 12.1 Å². The van der Waals surface area contributed by atoms with E-state index in [1.807, 2.05) is 6.92 Å². The van der Waals surface area contributed by atoms with Crippen molar-refractivity contribution < 1.29 is 22.7 Å². The molecule has 0 aromatic carbocycles. The first-order valence-electron chi connectivity index (χ1n) is 8.09. The molecule has 2 heterocycles. The second-order valence-electron chi connectivity index (χ2n) is 5.67. The molecule has 2 aromatic rings. The maximum atomic E-state index is 13.5. The summed E-state index contributed by atoms with van der Waals surface area (Å²) in [6, 6.07) is 3.47. The molecule has 0 aliphatic heterocycles. The predicted molar refractivity (Wildman–Crippen MR) is 105 cm³/mol. The standard InChI is InChI=1S/C16H22F3N5O2.HI/c1-3-20-14(23-11-12-5-4-10-26-12)22-7-6-15(25,16(17,18)19)13-21-8-9-24(13)2;/h4-5,8-10,25H,3,6-7,11H2,1-2H3,(H2,20,22,23);1H. The van der Waals surface area contributed by atoms with Crippen LogP contribution in [0.3, 0.4) is 0 Å². The number of hydrogen-bond donors (Lipinski definition) is 3. The van der Waals surface area contributed by atoms with Crippen molar-refractivity contribution in [2.45, 2.75) is 31.7 Å². The lowest BCUT2D eigenvalue weighted by molar-refractivity contribution is -0.272. The molecule has 0 aliphatic carbocycles. The molecule has 0 amide bonds. The lowest BCUT2D eigenvalue weighted by Crippen LogP contribution is -2.47. The molecule has 27 heavy (non-hydrogen) atoms. The van der Waals surface area contributed by atoms with Gasteiger partial charge in [-0.1, -0.05) is 0 Å². The Bertz CT molecular complexity index is 718. The molecule has 3 N–H and O–H groups in total. The molecule has 7 nitrogen and oxygen atoms in total. The molecule has 1 unspecified atom stereocenters. The number of aliphatic imine (C=N–C) groups is 1. The number of alkyl halides is 3. The third kappa shape index (κ3) is 5.86. The van der Waals surface area contributed by atoms with Crippen molar-refractivity contribution in [1.29, 1.82) is 0 Å². The minimum atomic E-state index is -4.86. The van der Waals surface area contributed by atoms with E-state index in [1.165, 1.54) is 25.7 Å². The first-order chi connectivity index (χ1) is 12.3. The number of guanidine groups is 1. The Labute approximate surface area is 172 Å². The zero-order valence-corrected chi connectivity index (χ0v) is 17.3. The van der Waals surface area contributed by atoms with Gasteiger partial charge in [0, 0.05) is 39.0 Å². The Balaban J connectivity index is 0.00000364. The van der Waals surface area contributed by atoms with Crippen LogP contribution in [0.25, 0.3) is 0 Å². The number of hydrogen-bond acceptors (Lipinski definition) is 4. The van der Waals surface area contributed by atoms with E-state index in [9.17, 15) is 18.3 Å². The Morgan fingerprint density at radius 1 is 1.37 bits per heavy atom. The van der Waals surface area contributed by atoms with Crippen molar-refractivity contribution in [3.05, 3.63) is 42.4 Å². The Morgan fingerprint density at radius 3 is 2.63 bits per heavy atom. The van der Waals surface area contributed by atoms with Gasteiger partial charge in [0.15, 0.2) is 5.96 Å². The SMILES string of the molecule is CCNC(=NCc1ccco1)NCCC(O)(c1nccn1C)C(F)(F)F.I. The molecule has 0 saturated carbocycles. The van der Waals surface area contributed by atoms with Crippen LogP contribution >= 0.6 is 24.0 Å². The van der Waals surface area contributed by atoms with Gasteiger partial charge in [-0.15, -0.1) is 24.0 Å². The molecule has 0 saturated heterocycles. The number of nitrogens with zero attached hydrogens (tertiary/aromatic N) is 3. The van der Waals surface area contributed by atoms with Crippen LogP contribution in [0.15, 0.2) is 40.2 Å². The third-order valence-electron chi connectivity index (χ3n) is 3.76. The van der Waals surface area contributed by atoms with Gasteiger partial charge >= 0.3 is 6.18 Å². The van der Waals surface area contributed by atoms with Crippen molar-refractivity contribution in [2.24, 2.45) is 12.0 Å². The normalized spacial score (nSPS) is 14.4. The number of aryl methyl sites for hydroxylation is 1. The number of aromatic nitrogens is 2. The van der Waals surface area contributed by atoms with E-state index in [-0.39, 0.29) is 37.1 Å². The van der Waals surface area contributed by atoms with Gasteiger partial charge in [0.2, 0.25) is 5.60 Å². The monoisotopic (exact) mass is 501 g/mol. The number of aliphatic hydroxyl groups is 1. The van der Waals surface area contributed by atoms with Crippen molar-refractivity contribution >= 4 is 29.9 Å². The Morgan fingerprint density at radius 2 is 2.11 bits per heavy atom. The first kappa shape index (κ1) is 23.3. The van der Waals surface area contributed by atoms with Crippen LogP contribution in [0, 0.1) is 0 Å². The summed E-state index contributed by atoms with van der Waals surface area (Å²) < 4.78 is 46.7. The Kier molecular flexibility index (Phi) is 8.59. The molecule has 2 rings (SSSR count). The fourth-order valence-electron chi connectivity index (χ4n) is 2.41. The average Bonchev–Trinajstić information content (AvgIpc) is 3.22. The van der Waals surface area contributed by atoms with Crippen LogP contribution in [0.5, 0.6) is 0 Å². The maximum Gasteiger partial charge on any atom is 0.424 e. The van der Waals surface area contributed by atoms with Crippen molar-refractivity contribution in [1.82, 2.24) is 20.2 Å². The van der Waals surface area contributed by atoms with Crippen LogP contribution in [0.2, 0.25) is 0 Å². The Hall–Kier alpha value is -1.76. The summed E-state index contributed by atoms with van der Waals surface area (Å²) in [4.78, 5) is 7.90. The molecule has 0 aliphatic rings. The van der Waals surface area contributed by atoms with E-state index >= 15 is 0 Å². The first-order valence-corrected chi connectivity index (χ1v) is 8.09. The smallest absolute Gasteiger partial charge is 0.424 e. The van der Waals surface area contributed by atoms with E-state index in [2.05, 4.69) is 20.6 Å². The van der Waals surface area contributed by atoms with E-state index < -0.39 is 24.0 Å². The van der Waals surface area contributed by atoms with Gasteiger partial charge in [-0.3, -0.25) is 0 Å². The fourth-order valence-corrected chi connectivity index (χ4v) is 2.41. The molecule has 0 fully saturated rings. The molecule has 2 aromatic heterocycles. The molecule has 11 heteroatoms. The van der Waals surface area contributed by atoms with E-state index in [0.717, 1.165) is 4.57 Å². The third-order valence-corrected chi connectivity index (χ3v) is 3.76. The largest absolute Gasteiger partial charge is 0.467 e. The zero-order chi connectivity index (χ0) is 19.2. The zero-order valence-electron chi connectivity index (χ0n) is 15.0. The molecule has 0 spiro atoms. The summed E-state index contributed by atoms with van der Waals surface area (Å²) in [6.45, 7) is 2.45. The molecule has 152 valence electrons. The van der Waals surface area contributed by atoms with Gasteiger partial charge in [0.05, 0.1) is 6.26 Å². The number of rotatable bonds is 7. The number of nitrogens with one attached hydrogen (secondary N) is 2. The van der Waals surface area contributed by atoms with Gasteiger partial charge in [-0.25, -0.2) is 9.98 Å². The van der Waals surface area contributed by atoms with Gasteiger partial charge < -0.3 is 24.7 Å². The summed E-state index contributed by atoms with van der Waals surface area (Å²) in [6.07, 6.45) is -1.39. The van der Waals surface area contributed by atoms with Gasteiger partial charge in [0.25, 0.3) is 0 Å². The van der Waals surface area contributed by atoms with Crippen LogP contribution in [0.4, 0.5) is 13.2 Å². The van der Waals surface area contributed by atoms with E-state index in [0.29, 0.717) is 18.3 Å². The highest BCUT2D eigenvalue weighted by Gasteiger charge is 2.57. The topological polar surface area (TPSA) is 87.6 Å². The summed E-state index contributed by atoms with van der Waals surface area (Å²) in [5, 5.41) is 16.0. The lowest BCUT2D eigenvalue weighted by atomic mass is 9.97. The lowest BCUT2D eigenvalue weighted by Gasteiger charge is -2.30. The summed E-state index contributed by atoms with van der Waals surface area (Å²) in [5.41, 5.74) is -3.06. The van der Waals surface area contributed by atoms with Crippen molar-refractivity contribution in [2.75, 3.05) is 13.1 Å². The second kappa shape index (κ2) is 9.97. The van der Waals surface area contributed by atoms with Crippen LogP contribution in [-0.2, 0) is 19.2 Å². The van der Waals surface area contributed by atoms with E-state index in [4.69, 9.17) is 4.42 Å². The summed E-state index contributed by atoms with van der Waals surface area (Å²) in [5.74, 6) is 0.500. The number of imidazole rings is 1. The van der Waals surface area contributed by atoms with Crippen LogP contribution < -0.4 is 10.6 Å². The molecule has 0 bridgehead atoms. The minimum absolute atomic E-state index is 0. The van der Waals surface area contributed by atoms with Crippen molar-refractivity contribution in [3.8, 4) is 0 Å². The molecular formula is C16H23F3IN5O2. The average molecular weight is 501 g/mol. The van der Waals surface area contributed by atoms with Gasteiger partial charge in [-0.05, 0) is 19.1 Å². The highest BCUT2D eigenvalue weighted by atomic mass is 127. The maximum absolute atomic E-state index is 13.5. The molecule has 0 radical (unpaired) electrons. The summed E-state index contributed by atoms with van der Waals surface area (Å²) in [7, 11) is 1.40. The molecular weight excluding hydrogens is 478 g/mol. The van der Waals surface area contributed by atoms with Crippen LogP contribution in [0.1, 0.15) is 24.9 Å². The second-order valence-corrected chi connectivity index (χ2v) is 5.67. The minimum Gasteiger partial charge on any atom is -0.467 e. The number of furan rings is 1. The van der Waals surface area contributed by atoms with Crippen molar-refractivity contribution in [3.63, 3.8) is 0 Å². The fraction of sp³-hybridized carbons (Fsp3) is 0.500. The predicted octanol–water partition coefficient (Wildman–Crippen LogP) is 2.53. The van der Waals surface area contributed by atoms with Gasteiger partial charge in [-0.2, -0.15) is 13.2 Å². The highest BCUT2D eigenvalue weighted by Crippen LogP contribution is 2.40.